The Morgan fingerprint density at radius 3 is 2.48 bits per heavy atom. The maximum Gasteiger partial charge on any atom is 0.330 e. The van der Waals surface area contributed by atoms with E-state index in [0.717, 1.165) is 5.69 Å². The Morgan fingerprint density at radius 2 is 2.00 bits per heavy atom. The second-order valence-corrected chi connectivity index (χ2v) is 6.28. The van der Waals surface area contributed by atoms with E-state index in [0.29, 0.717) is 11.3 Å². The number of ether oxygens (including phenoxy) is 1. The minimum Gasteiger partial charge on any atom is -0.495 e. The summed E-state index contributed by atoms with van der Waals surface area (Å²) < 4.78 is 6.66. The van der Waals surface area contributed by atoms with E-state index < -0.39 is 17.9 Å². The van der Waals surface area contributed by atoms with Crippen LogP contribution < -0.4 is 10.1 Å². The molecule has 2 rings (SSSR count). The number of amides is 1. The molecule has 0 radical (unpaired) electrons. The van der Waals surface area contributed by atoms with Gasteiger partial charge in [-0.15, -0.1) is 0 Å². The lowest BCUT2D eigenvalue weighted by Crippen LogP contribution is -2.34. The fourth-order valence-electron chi connectivity index (χ4n) is 2.49. The highest BCUT2D eigenvalue weighted by molar-refractivity contribution is 6.32. The van der Waals surface area contributed by atoms with Gasteiger partial charge in [0.1, 0.15) is 11.4 Å². The van der Waals surface area contributed by atoms with Crippen molar-refractivity contribution in [3.8, 4) is 5.75 Å². The summed E-state index contributed by atoms with van der Waals surface area (Å²) in [4.78, 5) is 24.0. The fraction of sp³-hybridized carbons (Fsp3) is 0.353. The predicted octanol–water partition coefficient (Wildman–Crippen LogP) is 2.76. The van der Waals surface area contributed by atoms with Crippen molar-refractivity contribution in [1.82, 2.24) is 15.1 Å². The summed E-state index contributed by atoms with van der Waals surface area (Å²) in [6.07, 6.45) is 0. The van der Waals surface area contributed by atoms with Crippen molar-refractivity contribution >= 4 is 23.5 Å². The minimum atomic E-state index is -1.25. The first-order valence-electron chi connectivity index (χ1n) is 7.65. The monoisotopic (exact) mass is 365 g/mol. The van der Waals surface area contributed by atoms with Crippen LogP contribution in [-0.4, -0.2) is 33.9 Å². The number of rotatable bonds is 6. The number of carboxylic acid groups (broad SMARTS) is 1. The van der Waals surface area contributed by atoms with Gasteiger partial charge in [0, 0.05) is 12.7 Å². The molecule has 1 unspecified atom stereocenters. The molecule has 0 aliphatic rings. The number of hydrogen-bond donors (Lipinski definition) is 2. The molecule has 8 heteroatoms. The summed E-state index contributed by atoms with van der Waals surface area (Å²) in [5.74, 6) is -1.15. The molecule has 1 atom stereocenters. The molecule has 1 amide bonds. The van der Waals surface area contributed by atoms with Gasteiger partial charge in [0.05, 0.1) is 12.1 Å². The highest BCUT2D eigenvalue weighted by Crippen LogP contribution is 2.28. The van der Waals surface area contributed by atoms with Crippen LogP contribution >= 0.6 is 11.6 Å². The van der Waals surface area contributed by atoms with E-state index in [1.54, 1.807) is 29.9 Å². The standard InChI is InChI=1S/C17H20ClN3O4/c1-9(2)13-8-12(20-21(13)3)16(22)19-15(17(23)24)10-5-6-14(25-4)11(18)7-10/h5-9,15H,1-4H3,(H,19,22)(H,23,24). The van der Waals surface area contributed by atoms with Crippen molar-refractivity contribution in [3.05, 3.63) is 46.2 Å². The zero-order valence-electron chi connectivity index (χ0n) is 14.4. The molecule has 25 heavy (non-hydrogen) atoms. The van der Waals surface area contributed by atoms with Gasteiger partial charge >= 0.3 is 5.97 Å². The second-order valence-electron chi connectivity index (χ2n) is 5.87. The molecule has 0 saturated carbocycles. The van der Waals surface area contributed by atoms with Gasteiger partial charge in [0.25, 0.3) is 5.91 Å². The Hall–Kier alpha value is -2.54. The number of aromatic nitrogens is 2. The van der Waals surface area contributed by atoms with Gasteiger partial charge in [-0.3, -0.25) is 9.48 Å². The fourth-order valence-corrected chi connectivity index (χ4v) is 2.75. The van der Waals surface area contributed by atoms with Crippen LogP contribution in [0.2, 0.25) is 5.02 Å². The molecule has 0 aliphatic heterocycles. The van der Waals surface area contributed by atoms with E-state index in [-0.39, 0.29) is 16.6 Å². The minimum absolute atomic E-state index is 0.164. The summed E-state index contributed by atoms with van der Waals surface area (Å²) in [5, 5.41) is 16.4. The van der Waals surface area contributed by atoms with Crippen LogP contribution in [-0.2, 0) is 11.8 Å². The summed E-state index contributed by atoms with van der Waals surface area (Å²) in [7, 11) is 3.20. The van der Waals surface area contributed by atoms with Gasteiger partial charge in [-0.25, -0.2) is 4.79 Å². The molecule has 0 saturated heterocycles. The maximum absolute atomic E-state index is 12.4. The van der Waals surface area contributed by atoms with Gasteiger partial charge in [-0.2, -0.15) is 5.10 Å². The number of aliphatic carboxylic acids is 1. The Bertz CT molecular complexity index is 801. The molecular formula is C17H20ClN3O4. The number of aryl methyl sites for hydroxylation is 1. The van der Waals surface area contributed by atoms with Gasteiger partial charge in [0.15, 0.2) is 6.04 Å². The van der Waals surface area contributed by atoms with Gasteiger partial charge in [-0.1, -0.05) is 31.5 Å². The molecule has 134 valence electrons. The lowest BCUT2D eigenvalue weighted by Gasteiger charge is -2.15. The zero-order chi connectivity index (χ0) is 18.7. The molecule has 0 aliphatic carbocycles. The largest absolute Gasteiger partial charge is 0.495 e. The Kier molecular flexibility index (Phi) is 5.69. The number of carboxylic acids is 1. The van der Waals surface area contributed by atoms with Crippen molar-refractivity contribution in [1.29, 1.82) is 0 Å². The number of nitrogens with zero attached hydrogens (tertiary/aromatic N) is 2. The first kappa shape index (κ1) is 18.8. The van der Waals surface area contributed by atoms with Crippen LogP contribution in [0.4, 0.5) is 0 Å². The van der Waals surface area contributed by atoms with Crippen LogP contribution in [0.25, 0.3) is 0 Å². The SMILES string of the molecule is COc1ccc(C(NC(=O)c2cc(C(C)C)n(C)n2)C(=O)O)cc1Cl. The summed E-state index contributed by atoms with van der Waals surface area (Å²) in [5.41, 5.74) is 1.38. The molecule has 0 bridgehead atoms. The third-order valence-corrected chi connectivity index (χ3v) is 4.07. The van der Waals surface area contributed by atoms with Gasteiger partial charge < -0.3 is 15.2 Å². The predicted molar refractivity (Wildman–Crippen MR) is 93.1 cm³/mol. The number of benzene rings is 1. The molecule has 2 aromatic rings. The van der Waals surface area contributed by atoms with Crippen molar-refractivity contribution < 1.29 is 19.4 Å². The second kappa shape index (κ2) is 7.57. The first-order valence-corrected chi connectivity index (χ1v) is 8.03. The van der Waals surface area contributed by atoms with Crippen molar-refractivity contribution in [2.75, 3.05) is 7.11 Å². The van der Waals surface area contributed by atoms with Crippen LogP contribution in [0.15, 0.2) is 24.3 Å². The molecule has 1 heterocycles. The molecule has 0 spiro atoms. The Balaban J connectivity index is 2.27. The van der Waals surface area contributed by atoms with Crippen molar-refractivity contribution in [3.63, 3.8) is 0 Å². The van der Waals surface area contributed by atoms with E-state index in [9.17, 15) is 14.7 Å². The van der Waals surface area contributed by atoms with E-state index in [1.165, 1.54) is 13.2 Å². The molecular weight excluding hydrogens is 346 g/mol. The summed E-state index contributed by atoms with van der Waals surface area (Å²) in [6.45, 7) is 3.97. The third kappa shape index (κ3) is 4.11. The maximum atomic E-state index is 12.4. The van der Waals surface area contributed by atoms with Crippen molar-refractivity contribution in [2.24, 2.45) is 7.05 Å². The molecule has 1 aromatic heterocycles. The number of nitrogens with one attached hydrogen (secondary N) is 1. The van der Waals surface area contributed by atoms with E-state index >= 15 is 0 Å². The van der Waals surface area contributed by atoms with Crippen LogP contribution in [0.5, 0.6) is 5.75 Å². The molecule has 1 aromatic carbocycles. The third-order valence-electron chi connectivity index (χ3n) is 3.77. The molecule has 0 fully saturated rings. The zero-order valence-corrected chi connectivity index (χ0v) is 15.2. The molecule has 7 nitrogen and oxygen atoms in total. The topological polar surface area (TPSA) is 93.5 Å². The first-order chi connectivity index (χ1) is 11.7. The smallest absolute Gasteiger partial charge is 0.330 e. The Morgan fingerprint density at radius 1 is 1.32 bits per heavy atom. The normalized spacial score (nSPS) is 12.1. The number of halogens is 1. The van der Waals surface area contributed by atoms with Crippen LogP contribution in [0.1, 0.15) is 47.6 Å². The Labute approximate surface area is 150 Å². The average Bonchev–Trinajstić information content (AvgIpc) is 2.94. The number of hydrogen-bond acceptors (Lipinski definition) is 4. The lowest BCUT2D eigenvalue weighted by molar-refractivity contribution is -0.139. The van der Waals surface area contributed by atoms with E-state index in [4.69, 9.17) is 16.3 Å². The van der Waals surface area contributed by atoms with E-state index in [1.807, 2.05) is 13.8 Å². The van der Waals surface area contributed by atoms with Crippen LogP contribution in [0.3, 0.4) is 0 Å². The average molecular weight is 366 g/mol. The summed E-state index contributed by atoms with van der Waals surface area (Å²) >= 11 is 6.04. The van der Waals surface area contributed by atoms with Crippen LogP contribution in [0, 0.1) is 0 Å². The highest BCUT2D eigenvalue weighted by Gasteiger charge is 2.25. The number of methoxy groups -OCH3 is 1. The number of carbonyl (C=O) groups excluding carboxylic acids is 1. The van der Waals surface area contributed by atoms with Gasteiger partial charge in [-0.05, 0) is 29.7 Å². The quantitative estimate of drug-likeness (QED) is 0.821. The highest BCUT2D eigenvalue weighted by atomic mass is 35.5. The number of carbonyl (C=O) groups is 2. The summed E-state index contributed by atoms with van der Waals surface area (Å²) in [6, 6.07) is 4.96. The van der Waals surface area contributed by atoms with Gasteiger partial charge in [0.2, 0.25) is 0 Å². The lowest BCUT2D eigenvalue weighted by atomic mass is 10.1. The van der Waals surface area contributed by atoms with Crippen molar-refractivity contribution in [2.45, 2.75) is 25.8 Å². The molecule has 2 N–H and O–H groups in total. The van der Waals surface area contributed by atoms with E-state index in [2.05, 4.69) is 10.4 Å².